The summed E-state index contributed by atoms with van der Waals surface area (Å²) in [4.78, 5) is 14.6. The normalized spacial score (nSPS) is 15.4. The third kappa shape index (κ3) is 4.17. The zero-order valence-corrected chi connectivity index (χ0v) is 13.2. The molecule has 0 radical (unpaired) electrons. The third-order valence-corrected chi connectivity index (χ3v) is 4.05. The Labute approximate surface area is 136 Å². The van der Waals surface area contributed by atoms with Gasteiger partial charge in [-0.1, -0.05) is 42.5 Å². The van der Waals surface area contributed by atoms with Gasteiger partial charge in [-0.2, -0.15) is 0 Å². The average molecular weight is 312 g/mol. The molecule has 0 saturated heterocycles. The van der Waals surface area contributed by atoms with Crippen molar-refractivity contribution in [1.29, 1.82) is 0 Å². The summed E-state index contributed by atoms with van der Waals surface area (Å²) in [6.07, 6.45) is 2.11. The Balaban J connectivity index is 1.80. The van der Waals surface area contributed by atoms with Crippen LogP contribution >= 0.6 is 0 Å². The van der Waals surface area contributed by atoms with Gasteiger partial charge < -0.3 is 5.32 Å². The lowest BCUT2D eigenvalue weighted by Gasteiger charge is -2.27. The van der Waals surface area contributed by atoms with Gasteiger partial charge in [0.25, 0.3) is 0 Å². The van der Waals surface area contributed by atoms with Gasteiger partial charge in [-0.15, -0.1) is 0 Å². The fraction of sp³-hybridized carbons (Fsp3) is 0.316. The first kappa shape index (κ1) is 15.7. The summed E-state index contributed by atoms with van der Waals surface area (Å²) in [5, 5.41) is 3.08. The molecule has 120 valence electrons. The topological polar surface area (TPSA) is 32.3 Å². The number of hydrogen-bond acceptors (Lipinski definition) is 2. The van der Waals surface area contributed by atoms with Gasteiger partial charge in [-0.3, -0.25) is 9.69 Å². The number of amides is 1. The number of hydrogen-bond donors (Lipinski definition) is 1. The highest BCUT2D eigenvalue weighted by molar-refractivity contribution is 5.83. The van der Waals surface area contributed by atoms with Crippen LogP contribution in [0.2, 0.25) is 0 Å². The molecular formula is C19H21FN2O. The molecule has 1 amide bonds. The first-order valence-electron chi connectivity index (χ1n) is 7.93. The molecular weight excluding hydrogens is 291 g/mol. The van der Waals surface area contributed by atoms with Crippen molar-refractivity contribution >= 4 is 5.91 Å². The number of carbonyl (C=O) groups excluding carboxylic acids is 1. The van der Waals surface area contributed by atoms with Crippen molar-refractivity contribution in [2.75, 3.05) is 7.05 Å². The van der Waals surface area contributed by atoms with Gasteiger partial charge in [-0.05, 0) is 43.1 Å². The molecule has 3 nitrogen and oxygen atoms in total. The molecule has 0 heterocycles. The molecule has 0 spiro atoms. The molecule has 23 heavy (non-hydrogen) atoms. The molecule has 1 fully saturated rings. The monoisotopic (exact) mass is 312 g/mol. The molecule has 0 bridgehead atoms. The molecule has 3 rings (SSSR count). The second-order valence-electron chi connectivity index (χ2n) is 6.14. The summed E-state index contributed by atoms with van der Waals surface area (Å²) in [5.74, 6) is -0.243. The summed E-state index contributed by atoms with van der Waals surface area (Å²) >= 11 is 0. The molecule has 1 saturated carbocycles. The smallest absolute Gasteiger partial charge is 0.242 e. The van der Waals surface area contributed by atoms with Gasteiger partial charge in [0, 0.05) is 12.6 Å². The van der Waals surface area contributed by atoms with Crippen molar-refractivity contribution < 1.29 is 9.18 Å². The molecule has 0 unspecified atom stereocenters. The largest absolute Gasteiger partial charge is 0.352 e. The van der Waals surface area contributed by atoms with Crippen LogP contribution in [0, 0.1) is 5.82 Å². The van der Waals surface area contributed by atoms with Gasteiger partial charge in [0.05, 0.1) is 0 Å². The van der Waals surface area contributed by atoms with E-state index in [1.165, 1.54) is 12.1 Å². The zero-order chi connectivity index (χ0) is 16.2. The molecule has 0 aliphatic heterocycles. The Morgan fingerprint density at radius 3 is 2.61 bits per heavy atom. The maximum Gasteiger partial charge on any atom is 0.242 e. The molecule has 1 N–H and O–H groups in total. The first-order valence-corrected chi connectivity index (χ1v) is 7.93. The van der Waals surface area contributed by atoms with E-state index in [2.05, 4.69) is 5.32 Å². The number of likely N-dealkylation sites (N-methyl/N-ethyl adjacent to an activating group) is 1. The van der Waals surface area contributed by atoms with Crippen LogP contribution in [0.25, 0.3) is 0 Å². The van der Waals surface area contributed by atoms with E-state index in [-0.39, 0.29) is 17.8 Å². The maximum absolute atomic E-state index is 13.4. The van der Waals surface area contributed by atoms with Gasteiger partial charge >= 0.3 is 0 Å². The Hall–Kier alpha value is -2.20. The minimum Gasteiger partial charge on any atom is -0.352 e. The lowest BCUT2D eigenvalue weighted by molar-refractivity contribution is -0.126. The van der Waals surface area contributed by atoms with E-state index < -0.39 is 0 Å². The first-order chi connectivity index (χ1) is 11.1. The summed E-state index contributed by atoms with van der Waals surface area (Å²) in [6, 6.07) is 16.2. The van der Waals surface area contributed by atoms with Crippen LogP contribution in [0.4, 0.5) is 4.39 Å². The average Bonchev–Trinajstić information content (AvgIpc) is 3.32. The fourth-order valence-electron chi connectivity index (χ4n) is 2.76. The predicted molar refractivity (Wildman–Crippen MR) is 88.2 cm³/mol. The maximum atomic E-state index is 13.4. The van der Waals surface area contributed by atoms with Crippen LogP contribution in [-0.4, -0.2) is 23.9 Å². The van der Waals surface area contributed by atoms with E-state index in [0.29, 0.717) is 12.6 Å². The number of nitrogens with zero attached hydrogens (tertiary/aromatic N) is 1. The van der Waals surface area contributed by atoms with Crippen molar-refractivity contribution in [2.24, 2.45) is 0 Å². The van der Waals surface area contributed by atoms with E-state index >= 15 is 0 Å². The predicted octanol–water partition coefficient (Wildman–Crippen LogP) is 3.28. The fourth-order valence-corrected chi connectivity index (χ4v) is 2.76. The standard InChI is InChI=1S/C19H21FN2O/c1-22(13-14-6-5-9-16(20)12-14)18(15-7-3-2-4-8-15)19(23)21-17-10-11-17/h2-9,12,17-18H,10-11,13H2,1H3,(H,21,23)/t18-/m1/s1. The second kappa shape index (κ2) is 6.92. The van der Waals surface area contributed by atoms with Crippen LogP contribution in [0.1, 0.15) is 30.0 Å². The van der Waals surface area contributed by atoms with Gasteiger partial charge in [0.15, 0.2) is 0 Å². The molecule has 2 aromatic rings. The highest BCUT2D eigenvalue weighted by Crippen LogP contribution is 2.25. The van der Waals surface area contributed by atoms with E-state index in [4.69, 9.17) is 0 Å². The highest BCUT2D eigenvalue weighted by Gasteiger charge is 2.30. The van der Waals surface area contributed by atoms with Gasteiger partial charge in [0.1, 0.15) is 11.9 Å². The Kier molecular flexibility index (Phi) is 4.72. The quantitative estimate of drug-likeness (QED) is 0.888. The summed E-state index contributed by atoms with van der Waals surface area (Å²) in [6.45, 7) is 0.509. The highest BCUT2D eigenvalue weighted by atomic mass is 19.1. The minimum atomic E-state index is -0.375. The lowest BCUT2D eigenvalue weighted by atomic mass is 10.0. The van der Waals surface area contributed by atoms with Crippen LogP contribution in [-0.2, 0) is 11.3 Å². The van der Waals surface area contributed by atoms with Crippen molar-refractivity contribution in [3.63, 3.8) is 0 Å². The van der Waals surface area contributed by atoms with Gasteiger partial charge in [0.2, 0.25) is 5.91 Å². The van der Waals surface area contributed by atoms with Crippen molar-refractivity contribution in [3.05, 3.63) is 71.5 Å². The third-order valence-electron chi connectivity index (χ3n) is 4.05. The molecule has 1 aliphatic rings. The number of carbonyl (C=O) groups is 1. The number of rotatable bonds is 6. The van der Waals surface area contributed by atoms with Gasteiger partial charge in [-0.25, -0.2) is 4.39 Å². The molecule has 0 aromatic heterocycles. The SMILES string of the molecule is CN(Cc1cccc(F)c1)[C@@H](C(=O)NC1CC1)c1ccccc1. The molecule has 2 aromatic carbocycles. The van der Waals surface area contributed by atoms with E-state index in [1.54, 1.807) is 6.07 Å². The van der Waals surface area contributed by atoms with E-state index in [9.17, 15) is 9.18 Å². The summed E-state index contributed by atoms with van der Waals surface area (Å²) in [5.41, 5.74) is 1.80. The Morgan fingerprint density at radius 1 is 1.22 bits per heavy atom. The molecule has 1 atom stereocenters. The lowest BCUT2D eigenvalue weighted by Crippen LogP contribution is -2.39. The summed E-state index contributed by atoms with van der Waals surface area (Å²) < 4.78 is 13.4. The Bertz CT molecular complexity index is 670. The number of halogens is 1. The number of benzene rings is 2. The van der Waals surface area contributed by atoms with Crippen molar-refractivity contribution in [1.82, 2.24) is 10.2 Å². The van der Waals surface area contributed by atoms with E-state index in [1.807, 2.05) is 48.3 Å². The second-order valence-corrected chi connectivity index (χ2v) is 6.14. The van der Waals surface area contributed by atoms with Crippen LogP contribution < -0.4 is 5.32 Å². The Morgan fingerprint density at radius 2 is 1.96 bits per heavy atom. The van der Waals surface area contributed by atoms with E-state index in [0.717, 1.165) is 24.0 Å². The van der Waals surface area contributed by atoms with Crippen molar-refractivity contribution in [3.8, 4) is 0 Å². The number of nitrogens with one attached hydrogen (secondary N) is 1. The zero-order valence-electron chi connectivity index (χ0n) is 13.2. The van der Waals surface area contributed by atoms with Crippen LogP contribution in [0.3, 0.4) is 0 Å². The summed E-state index contributed by atoms with van der Waals surface area (Å²) in [7, 11) is 1.90. The van der Waals surface area contributed by atoms with Crippen LogP contribution in [0.5, 0.6) is 0 Å². The molecule has 4 heteroatoms. The van der Waals surface area contributed by atoms with Crippen LogP contribution in [0.15, 0.2) is 54.6 Å². The minimum absolute atomic E-state index is 0.0117. The molecule has 1 aliphatic carbocycles. The van der Waals surface area contributed by atoms with Crippen molar-refractivity contribution in [2.45, 2.75) is 31.5 Å².